The molecule has 0 fully saturated rings. The summed E-state index contributed by atoms with van der Waals surface area (Å²) in [6, 6.07) is 18.9. The molecule has 4 aromatic rings. The number of amides is 1. The van der Waals surface area contributed by atoms with Gasteiger partial charge in [0.15, 0.2) is 11.5 Å². The summed E-state index contributed by atoms with van der Waals surface area (Å²) in [6.07, 6.45) is 1.59. The van der Waals surface area contributed by atoms with Crippen molar-refractivity contribution in [2.24, 2.45) is 0 Å². The Morgan fingerprint density at radius 1 is 1.06 bits per heavy atom. The number of Topliss-reactive ketones (excluding diaryl/α,β-unsaturated/α-hetero) is 1. The van der Waals surface area contributed by atoms with Gasteiger partial charge in [0.25, 0.3) is 5.91 Å². The lowest BCUT2D eigenvalue weighted by Crippen LogP contribution is -2.31. The number of hydrogen-bond donors (Lipinski definition) is 1. The number of hydrogen-bond acceptors (Lipinski definition) is 5. The number of pyridine rings is 1. The number of nitrogens with zero attached hydrogens (tertiary/aromatic N) is 2. The Morgan fingerprint density at radius 2 is 1.80 bits per heavy atom. The zero-order valence-corrected chi connectivity index (χ0v) is 21.0. The number of furan rings is 1. The molecule has 2 aromatic carbocycles. The summed E-state index contributed by atoms with van der Waals surface area (Å²) in [5, 5.41) is 11.7. The molecular weight excluding hydrogens is 508 g/mol. The molecule has 35 heavy (non-hydrogen) atoms. The third-order valence-electron chi connectivity index (χ3n) is 6.13. The molecule has 2 aromatic heterocycles. The van der Waals surface area contributed by atoms with Crippen LogP contribution in [-0.2, 0) is 10.2 Å². The fourth-order valence-corrected chi connectivity index (χ4v) is 4.68. The summed E-state index contributed by atoms with van der Waals surface area (Å²) < 4.78 is 6.64. The van der Waals surface area contributed by atoms with Gasteiger partial charge in [-0.1, -0.05) is 54.9 Å². The minimum atomic E-state index is -0.906. The number of ketones is 1. The first kappa shape index (κ1) is 23.1. The van der Waals surface area contributed by atoms with Crippen molar-refractivity contribution in [2.75, 3.05) is 4.90 Å². The zero-order chi connectivity index (χ0) is 24.9. The maximum absolute atomic E-state index is 13.7. The van der Waals surface area contributed by atoms with Gasteiger partial charge in [-0.3, -0.25) is 19.5 Å². The Hall–Kier alpha value is -3.71. The van der Waals surface area contributed by atoms with Crippen molar-refractivity contribution in [3.05, 3.63) is 106 Å². The van der Waals surface area contributed by atoms with Gasteiger partial charge in [0.05, 0.1) is 11.3 Å². The normalized spacial score (nSPS) is 16.4. The third-order valence-corrected chi connectivity index (χ3v) is 6.63. The molecule has 5 rings (SSSR count). The van der Waals surface area contributed by atoms with Gasteiger partial charge in [-0.2, -0.15) is 0 Å². The van der Waals surface area contributed by atoms with E-state index in [0.29, 0.717) is 17.0 Å². The maximum atomic E-state index is 13.7. The van der Waals surface area contributed by atoms with Crippen LogP contribution in [0, 0.1) is 0 Å². The van der Waals surface area contributed by atoms with Crippen molar-refractivity contribution in [3.8, 4) is 0 Å². The molecule has 0 radical (unpaired) electrons. The van der Waals surface area contributed by atoms with Gasteiger partial charge in [0.2, 0.25) is 5.78 Å². The van der Waals surface area contributed by atoms with E-state index in [4.69, 9.17) is 4.42 Å². The number of anilines is 1. The number of aliphatic hydroxyl groups is 1. The molecule has 0 saturated heterocycles. The molecule has 1 N–H and O–H groups in total. The quantitative estimate of drug-likeness (QED) is 0.298. The van der Waals surface area contributed by atoms with E-state index in [1.807, 2.05) is 36.4 Å². The van der Waals surface area contributed by atoms with Gasteiger partial charge in [-0.05, 0) is 59.5 Å². The van der Waals surface area contributed by atoms with Gasteiger partial charge in [-0.15, -0.1) is 0 Å². The number of carbonyl (C=O) groups is 2. The molecule has 0 saturated carbocycles. The molecule has 1 aliphatic rings. The van der Waals surface area contributed by atoms with Crippen LogP contribution in [0.1, 0.15) is 48.6 Å². The number of halogens is 1. The lowest BCUT2D eigenvalue weighted by atomic mass is 9.87. The van der Waals surface area contributed by atoms with E-state index in [0.717, 1.165) is 15.4 Å². The zero-order valence-electron chi connectivity index (χ0n) is 19.4. The van der Waals surface area contributed by atoms with Crippen LogP contribution < -0.4 is 4.90 Å². The lowest BCUT2D eigenvalue weighted by molar-refractivity contribution is -0.117. The Bertz CT molecular complexity index is 1480. The fraction of sp³-hybridized carbons (Fsp3) is 0.179. The summed E-state index contributed by atoms with van der Waals surface area (Å²) in [5.74, 6) is -1.79. The van der Waals surface area contributed by atoms with Crippen LogP contribution in [0.25, 0.3) is 11.0 Å². The third kappa shape index (κ3) is 4.06. The molecular formula is C28H23BrN2O4. The number of aromatic nitrogens is 1. The SMILES string of the molecule is CC(C)(C)c1ccc(N2C(=O)C(O)=C(C(=O)c3cc4cc(Br)ccc4o3)C2c2ccccn2)cc1. The minimum absolute atomic E-state index is 0.0401. The summed E-state index contributed by atoms with van der Waals surface area (Å²) in [6.45, 7) is 6.32. The second kappa shape index (κ2) is 8.50. The van der Waals surface area contributed by atoms with Crippen molar-refractivity contribution < 1.29 is 19.1 Å². The predicted molar refractivity (Wildman–Crippen MR) is 138 cm³/mol. The van der Waals surface area contributed by atoms with Crippen LogP contribution in [0.2, 0.25) is 0 Å². The molecule has 3 heterocycles. The molecule has 1 amide bonds. The summed E-state index contributed by atoms with van der Waals surface area (Å²) in [5.41, 5.74) is 2.53. The number of carbonyl (C=O) groups excluding carboxylic acids is 2. The van der Waals surface area contributed by atoms with Crippen molar-refractivity contribution in [1.29, 1.82) is 0 Å². The van der Waals surface area contributed by atoms with Crippen LogP contribution in [0.3, 0.4) is 0 Å². The van der Waals surface area contributed by atoms with Gasteiger partial charge < -0.3 is 9.52 Å². The number of rotatable bonds is 4. The minimum Gasteiger partial charge on any atom is -0.503 e. The lowest BCUT2D eigenvalue weighted by Gasteiger charge is -2.27. The number of fused-ring (bicyclic) bond motifs is 1. The van der Waals surface area contributed by atoms with Crippen molar-refractivity contribution in [1.82, 2.24) is 4.98 Å². The van der Waals surface area contributed by atoms with Gasteiger partial charge in [-0.25, -0.2) is 0 Å². The molecule has 0 bridgehead atoms. The van der Waals surface area contributed by atoms with Gasteiger partial charge in [0, 0.05) is 21.7 Å². The van der Waals surface area contributed by atoms with Crippen molar-refractivity contribution in [3.63, 3.8) is 0 Å². The van der Waals surface area contributed by atoms with E-state index >= 15 is 0 Å². The smallest absolute Gasteiger partial charge is 0.294 e. The van der Waals surface area contributed by atoms with Crippen LogP contribution in [-0.4, -0.2) is 21.8 Å². The maximum Gasteiger partial charge on any atom is 0.294 e. The first-order chi connectivity index (χ1) is 16.6. The first-order valence-electron chi connectivity index (χ1n) is 11.2. The van der Waals surface area contributed by atoms with Crippen LogP contribution in [0.15, 0.2) is 93.1 Å². The first-order valence-corrected chi connectivity index (χ1v) is 12.0. The summed E-state index contributed by atoms with van der Waals surface area (Å²) in [7, 11) is 0. The summed E-state index contributed by atoms with van der Waals surface area (Å²) >= 11 is 3.42. The highest BCUT2D eigenvalue weighted by Gasteiger charge is 2.46. The Morgan fingerprint density at radius 3 is 2.46 bits per heavy atom. The van der Waals surface area contributed by atoms with Crippen LogP contribution in [0.4, 0.5) is 5.69 Å². The van der Waals surface area contributed by atoms with Gasteiger partial charge >= 0.3 is 0 Å². The Balaban J connectivity index is 1.62. The molecule has 1 aliphatic heterocycles. The molecule has 7 heteroatoms. The monoisotopic (exact) mass is 530 g/mol. The van der Waals surface area contributed by atoms with Gasteiger partial charge in [0.1, 0.15) is 11.6 Å². The Labute approximate surface area is 211 Å². The second-order valence-electron chi connectivity index (χ2n) is 9.51. The summed E-state index contributed by atoms with van der Waals surface area (Å²) in [4.78, 5) is 32.8. The number of aliphatic hydroxyl groups excluding tert-OH is 1. The average molecular weight is 531 g/mol. The van der Waals surface area contributed by atoms with E-state index in [9.17, 15) is 14.7 Å². The highest BCUT2D eigenvalue weighted by Crippen LogP contribution is 2.42. The molecule has 1 unspecified atom stereocenters. The predicted octanol–water partition coefficient (Wildman–Crippen LogP) is 6.67. The standard InChI is InChI=1S/C28H23BrN2O4/c1-28(2,3)17-7-10-19(11-8-17)31-24(20-6-4-5-13-30-20)23(26(33)27(31)34)25(32)22-15-16-14-18(29)9-12-21(16)35-22/h4-15,24,33H,1-3H3. The van der Waals surface area contributed by atoms with Crippen molar-refractivity contribution in [2.45, 2.75) is 32.2 Å². The van der Waals surface area contributed by atoms with E-state index < -0.39 is 23.5 Å². The second-order valence-corrected chi connectivity index (χ2v) is 10.4. The molecule has 176 valence electrons. The average Bonchev–Trinajstić information content (AvgIpc) is 3.37. The molecule has 1 atom stereocenters. The van der Waals surface area contributed by atoms with E-state index in [-0.39, 0.29) is 16.7 Å². The fourth-order valence-electron chi connectivity index (χ4n) is 4.30. The topological polar surface area (TPSA) is 83.6 Å². The molecule has 0 aliphatic carbocycles. The number of benzene rings is 2. The largest absolute Gasteiger partial charge is 0.503 e. The van der Waals surface area contributed by atoms with E-state index in [2.05, 4.69) is 41.7 Å². The molecule has 0 spiro atoms. The highest BCUT2D eigenvalue weighted by atomic mass is 79.9. The van der Waals surface area contributed by atoms with Crippen LogP contribution >= 0.6 is 15.9 Å². The van der Waals surface area contributed by atoms with E-state index in [1.165, 1.54) is 4.90 Å². The van der Waals surface area contributed by atoms with Crippen LogP contribution in [0.5, 0.6) is 0 Å². The Kier molecular flexibility index (Phi) is 5.60. The van der Waals surface area contributed by atoms with Crippen molar-refractivity contribution >= 4 is 44.3 Å². The van der Waals surface area contributed by atoms with E-state index in [1.54, 1.807) is 36.5 Å². The molecule has 6 nitrogen and oxygen atoms in total. The highest BCUT2D eigenvalue weighted by molar-refractivity contribution is 9.10.